The zero-order chi connectivity index (χ0) is 23.4. The molecule has 0 aliphatic carbocycles. The number of sulfonamides is 1. The summed E-state index contributed by atoms with van der Waals surface area (Å²) in [7, 11) is -3.51. The molecule has 33 heavy (non-hydrogen) atoms. The van der Waals surface area contributed by atoms with Crippen molar-refractivity contribution in [3.8, 4) is 0 Å². The first-order valence-corrected chi connectivity index (χ1v) is 12.7. The summed E-state index contributed by atoms with van der Waals surface area (Å²) >= 11 is 1.42. The molecule has 0 aliphatic rings. The highest BCUT2D eigenvalue weighted by atomic mass is 32.2. The van der Waals surface area contributed by atoms with E-state index in [0.29, 0.717) is 35.3 Å². The van der Waals surface area contributed by atoms with E-state index >= 15 is 0 Å². The third-order valence-electron chi connectivity index (χ3n) is 5.11. The fourth-order valence-electron chi connectivity index (χ4n) is 3.38. The normalized spacial score (nSPS) is 11.7. The van der Waals surface area contributed by atoms with Crippen LogP contribution in [0.4, 0.5) is 17.2 Å². The van der Waals surface area contributed by atoms with Crippen LogP contribution in [0, 0.1) is 0 Å². The Bertz CT molecular complexity index is 1370. The van der Waals surface area contributed by atoms with Gasteiger partial charge in [0.15, 0.2) is 5.82 Å². The van der Waals surface area contributed by atoms with E-state index in [1.807, 2.05) is 44.2 Å². The van der Waals surface area contributed by atoms with E-state index < -0.39 is 10.0 Å². The van der Waals surface area contributed by atoms with Gasteiger partial charge in [-0.1, -0.05) is 43.8 Å². The van der Waals surface area contributed by atoms with Crippen molar-refractivity contribution in [2.45, 2.75) is 28.7 Å². The molecule has 0 saturated carbocycles. The highest BCUT2D eigenvalue weighted by Gasteiger charge is 2.21. The summed E-state index contributed by atoms with van der Waals surface area (Å²) in [5.74, 6) is 0.444. The minimum atomic E-state index is -3.51. The largest absolute Gasteiger partial charge is 0.394 e. The van der Waals surface area contributed by atoms with Crippen LogP contribution in [0.5, 0.6) is 0 Å². The lowest BCUT2D eigenvalue weighted by molar-refractivity contribution is 0.445. The Morgan fingerprint density at radius 2 is 1.70 bits per heavy atom. The summed E-state index contributed by atoms with van der Waals surface area (Å²) < 4.78 is 26.8. The highest BCUT2D eigenvalue weighted by Crippen LogP contribution is 2.36. The fourth-order valence-corrected chi connectivity index (χ4v) is 5.77. The second-order valence-electron chi connectivity index (χ2n) is 7.11. The molecule has 3 N–H and O–H groups in total. The second-order valence-corrected chi connectivity index (χ2v) is 10.1. The zero-order valence-corrected chi connectivity index (χ0v) is 19.9. The molecule has 0 amide bonds. The number of anilines is 3. The number of fused-ring (bicyclic) bond motifs is 1. The Hall–Kier alpha value is -3.21. The van der Waals surface area contributed by atoms with Crippen LogP contribution in [0.2, 0.25) is 0 Å². The molecule has 0 atom stereocenters. The lowest BCUT2D eigenvalue weighted by Gasteiger charge is -2.18. The second kappa shape index (κ2) is 9.74. The van der Waals surface area contributed by atoms with Crippen molar-refractivity contribution in [1.29, 1.82) is 0 Å². The molecule has 0 fully saturated rings. The molecule has 2 aromatic heterocycles. The maximum Gasteiger partial charge on any atom is 0.243 e. The molecule has 0 unspecified atom stereocenters. The number of hydrogen-bond acceptors (Lipinski definition) is 8. The molecule has 4 aromatic rings. The maximum atomic E-state index is 12.7. The lowest BCUT2D eigenvalue weighted by Crippen LogP contribution is -2.30. The molecule has 2 aromatic carbocycles. The minimum absolute atomic E-state index is 0.243. The van der Waals surface area contributed by atoms with Crippen molar-refractivity contribution in [3.63, 3.8) is 0 Å². The quantitative estimate of drug-likeness (QED) is 0.354. The summed E-state index contributed by atoms with van der Waals surface area (Å²) in [5.41, 5.74) is 8.31. The van der Waals surface area contributed by atoms with Crippen LogP contribution < -0.4 is 11.1 Å². The van der Waals surface area contributed by atoms with Gasteiger partial charge in [-0.2, -0.15) is 4.31 Å². The van der Waals surface area contributed by atoms with Crippen molar-refractivity contribution < 1.29 is 8.42 Å². The maximum absolute atomic E-state index is 12.7. The van der Waals surface area contributed by atoms with E-state index in [9.17, 15) is 8.42 Å². The first-order valence-electron chi connectivity index (χ1n) is 10.4. The Morgan fingerprint density at radius 3 is 2.42 bits per heavy atom. The SMILES string of the molecule is CCN(CC)S(=O)(=O)c1ccc(Nc2ncnc(Sc3cccc4cccnc34)c2N)cc1. The van der Waals surface area contributed by atoms with E-state index in [4.69, 9.17) is 5.73 Å². The minimum Gasteiger partial charge on any atom is -0.394 e. The Balaban J connectivity index is 1.57. The average molecular weight is 481 g/mol. The fraction of sp³-hybridized carbons (Fsp3) is 0.174. The molecule has 0 bridgehead atoms. The van der Waals surface area contributed by atoms with Crippen molar-refractivity contribution in [2.24, 2.45) is 0 Å². The van der Waals surface area contributed by atoms with Gasteiger partial charge in [-0.15, -0.1) is 0 Å². The Morgan fingerprint density at radius 1 is 0.970 bits per heavy atom. The number of nitrogens with two attached hydrogens (primary N) is 1. The van der Waals surface area contributed by atoms with Gasteiger partial charge in [0.1, 0.15) is 17.0 Å². The Labute approximate surface area is 197 Å². The summed E-state index contributed by atoms with van der Waals surface area (Å²) in [6, 6.07) is 16.4. The standard InChI is InChI=1S/C23H24N6O2S2/c1-3-29(4-2)33(30,31)18-12-10-17(11-13-18)28-22-20(24)23(27-15-26-22)32-19-9-5-7-16-8-6-14-25-21(16)19/h5-15H,3-4,24H2,1-2H3,(H,26,27,28). The molecule has 10 heteroatoms. The van der Waals surface area contributed by atoms with Gasteiger partial charge < -0.3 is 11.1 Å². The van der Waals surface area contributed by atoms with E-state index in [1.54, 1.807) is 30.5 Å². The molecular formula is C23H24N6O2S2. The number of nitrogen functional groups attached to an aromatic ring is 1. The average Bonchev–Trinajstić information content (AvgIpc) is 2.83. The molecule has 8 nitrogen and oxygen atoms in total. The molecule has 170 valence electrons. The van der Waals surface area contributed by atoms with Gasteiger partial charge in [0, 0.05) is 35.3 Å². The monoisotopic (exact) mass is 480 g/mol. The first kappa shape index (κ1) is 23.0. The molecular weight excluding hydrogens is 456 g/mol. The highest BCUT2D eigenvalue weighted by molar-refractivity contribution is 7.99. The third-order valence-corrected chi connectivity index (χ3v) is 8.24. The van der Waals surface area contributed by atoms with Gasteiger partial charge in [0.05, 0.1) is 10.4 Å². The van der Waals surface area contributed by atoms with Crippen LogP contribution >= 0.6 is 11.8 Å². The van der Waals surface area contributed by atoms with Crippen molar-refractivity contribution in [1.82, 2.24) is 19.3 Å². The summed E-state index contributed by atoms with van der Waals surface area (Å²) in [6.45, 7) is 4.48. The van der Waals surface area contributed by atoms with Crippen LogP contribution in [-0.4, -0.2) is 40.8 Å². The molecule has 4 rings (SSSR count). The van der Waals surface area contributed by atoms with Crippen LogP contribution in [-0.2, 0) is 10.0 Å². The van der Waals surface area contributed by atoms with Crippen molar-refractivity contribution in [2.75, 3.05) is 24.1 Å². The van der Waals surface area contributed by atoms with Crippen LogP contribution in [0.25, 0.3) is 10.9 Å². The summed E-state index contributed by atoms with van der Waals surface area (Å²) in [6.07, 6.45) is 3.20. The van der Waals surface area contributed by atoms with Gasteiger partial charge in [0.2, 0.25) is 10.0 Å². The number of para-hydroxylation sites is 1. The number of rotatable bonds is 8. The summed E-state index contributed by atoms with van der Waals surface area (Å²) in [4.78, 5) is 14.3. The molecule has 0 radical (unpaired) electrons. The Kier molecular flexibility index (Phi) is 6.77. The molecule has 0 saturated heterocycles. The number of pyridine rings is 1. The number of aromatic nitrogens is 3. The molecule has 0 aliphatic heterocycles. The van der Waals surface area contributed by atoms with E-state index in [2.05, 4.69) is 20.3 Å². The van der Waals surface area contributed by atoms with Gasteiger partial charge >= 0.3 is 0 Å². The zero-order valence-electron chi connectivity index (χ0n) is 18.3. The van der Waals surface area contributed by atoms with E-state index in [1.165, 1.54) is 22.4 Å². The van der Waals surface area contributed by atoms with Gasteiger partial charge in [-0.25, -0.2) is 18.4 Å². The van der Waals surface area contributed by atoms with Crippen molar-refractivity contribution in [3.05, 3.63) is 67.1 Å². The smallest absolute Gasteiger partial charge is 0.243 e. The number of benzene rings is 2. The van der Waals surface area contributed by atoms with Crippen LogP contribution in [0.15, 0.2) is 81.9 Å². The lowest BCUT2D eigenvalue weighted by atomic mass is 10.2. The number of nitrogens with one attached hydrogen (secondary N) is 1. The topological polar surface area (TPSA) is 114 Å². The van der Waals surface area contributed by atoms with Gasteiger partial charge in [-0.05, 0) is 36.4 Å². The van der Waals surface area contributed by atoms with Gasteiger partial charge in [0.25, 0.3) is 0 Å². The van der Waals surface area contributed by atoms with E-state index in [-0.39, 0.29) is 4.90 Å². The van der Waals surface area contributed by atoms with Gasteiger partial charge in [-0.3, -0.25) is 4.98 Å². The molecule has 2 heterocycles. The summed E-state index contributed by atoms with van der Waals surface area (Å²) in [5, 5.41) is 4.80. The van der Waals surface area contributed by atoms with Crippen LogP contribution in [0.1, 0.15) is 13.8 Å². The van der Waals surface area contributed by atoms with E-state index in [0.717, 1.165) is 15.8 Å². The predicted molar refractivity (Wildman–Crippen MR) is 132 cm³/mol. The number of nitrogens with zero attached hydrogens (tertiary/aromatic N) is 4. The van der Waals surface area contributed by atoms with Crippen LogP contribution in [0.3, 0.4) is 0 Å². The first-order chi connectivity index (χ1) is 15.9. The number of hydrogen-bond donors (Lipinski definition) is 2. The predicted octanol–water partition coefficient (Wildman–Crippen LogP) is 4.53. The molecule has 0 spiro atoms. The third kappa shape index (κ3) is 4.77. The van der Waals surface area contributed by atoms with Crippen molar-refractivity contribution >= 4 is 49.9 Å².